The Bertz CT molecular complexity index is 735. The molecule has 0 saturated heterocycles. The van der Waals surface area contributed by atoms with Crippen LogP contribution in [0.2, 0.25) is 0 Å². The van der Waals surface area contributed by atoms with Gasteiger partial charge < -0.3 is 19.9 Å². The van der Waals surface area contributed by atoms with Crippen LogP contribution in [0.25, 0.3) is 0 Å². The molecule has 2 aromatic rings. The fraction of sp³-hybridized carbons (Fsp3) is 0.467. The van der Waals surface area contributed by atoms with Gasteiger partial charge in [0, 0.05) is 43.0 Å². The lowest BCUT2D eigenvalue weighted by molar-refractivity contribution is -0.134. The number of pyridine rings is 1. The Kier molecular flexibility index (Phi) is 5.22. The minimum atomic E-state index is -0.625. The minimum absolute atomic E-state index is 0.0979. The molecule has 0 radical (unpaired) electrons. The average Bonchev–Trinajstić information content (AvgIpc) is 2.97. The smallest absolute Gasteiger partial charge is 0.240 e. The summed E-state index contributed by atoms with van der Waals surface area (Å²) in [6.45, 7) is 2.05. The number of hydrogen-bond donors (Lipinski definition) is 1. The number of hydrogen-bond acceptors (Lipinski definition) is 6. The van der Waals surface area contributed by atoms with Gasteiger partial charge in [0.05, 0.1) is 12.6 Å². The molecule has 0 aliphatic carbocycles. The Labute approximate surface area is 148 Å². The number of carbonyl (C=O) groups is 1. The Morgan fingerprint density at radius 1 is 1.46 bits per heavy atom. The zero-order valence-electron chi connectivity index (χ0n) is 13.4. The van der Waals surface area contributed by atoms with E-state index in [2.05, 4.69) is 31.1 Å². The molecule has 2 N–H and O–H groups in total. The Balaban J connectivity index is 1.65. The van der Waals surface area contributed by atoms with E-state index in [1.165, 1.54) is 0 Å². The first kappa shape index (κ1) is 17.0. The van der Waals surface area contributed by atoms with Crippen molar-refractivity contribution >= 4 is 21.8 Å². The number of halogens is 1. The highest BCUT2D eigenvalue weighted by Crippen LogP contribution is 2.15. The molecule has 3 heterocycles. The maximum atomic E-state index is 12.6. The highest BCUT2D eigenvalue weighted by atomic mass is 79.9. The number of methoxy groups -OCH3 is 1. The van der Waals surface area contributed by atoms with Crippen molar-refractivity contribution in [2.45, 2.75) is 32.2 Å². The highest BCUT2D eigenvalue weighted by molar-refractivity contribution is 9.10. The normalized spacial score (nSPS) is 15.2. The fourth-order valence-electron chi connectivity index (χ4n) is 2.75. The van der Waals surface area contributed by atoms with E-state index in [0.29, 0.717) is 32.7 Å². The molecule has 128 valence electrons. The quantitative estimate of drug-likeness (QED) is 0.792. The SMILES string of the molecule is COCc1nnc2n1CCN(C(=O)[C@@H](N)Cc1cc(Br)ccn1)C2. The van der Waals surface area contributed by atoms with Gasteiger partial charge in [0.15, 0.2) is 11.6 Å². The van der Waals surface area contributed by atoms with Gasteiger partial charge in [-0.05, 0) is 12.1 Å². The summed E-state index contributed by atoms with van der Waals surface area (Å²) in [7, 11) is 1.62. The van der Waals surface area contributed by atoms with Gasteiger partial charge in [0.25, 0.3) is 0 Å². The van der Waals surface area contributed by atoms with Gasteiger partial charge in [-0.1, -0.05) is 15.9 Å². The summed E-state index contributed by atoms with van der Waals surface area (Å²) < 4.78 is 8.02. The van der Waals surface area contributed by atoms with E-state index in [9.17, 15) is 4.79 Å². The second kappa shape index (κ2) is 7.37. The van der Waals surface area contributed by atoms with Crippen LogP contribution in [0.1, 0.15) is 17.3 Å². The summed E-state index contributed by atoms with van der Waals surface area (Å²) in [4.78, 5) is 18.6. The number of amides is 1. The molecular weight excluding hydrogens is 376 g/mol. The Morgan fingerprint density at radius 3 is 3.04 bits per heavy atom. The Morgan fingerprint density at radius 2 is 2.29 bits per heavy atom. The maximum absolute atomic E-state index is 12.6. The molecule has 24 heavy (non-hydrogen) atoms. The molecule has 0 fully saturated rings. The molecular formula is C15H19BrN6O2. The van der Waals surface area contributed by atoms with Crippen LogP contribution in [0.5, 0.6) is 0 Å². The summed E-state index contributed by atoms with van der Waals surface area (Å²) in [5, 5.41) is 8.25. The third kappa shape index (κ3) is 3.63. The van der Waals surface area contributed by atoms with Crippen molar-refractivity contribution < 1.29 is 9.53 Å². The predicted molar refractivity (Wildman–Crippen MR) is 89.8 cm³/mol. The monoisotopic (exact) mass is 394 g/mol. The fourth-order valence-corrected chi connectivity index (χ4v) is 3.13. The number of nitrogens with two attached hydrogens (primary N) is 1. The summed E-state index contributed by atoms with van der Waals surface area (Å²) in [6.07, 6.45) is 2.09. The van der Waals surface area contributed by atoms with Crippen LogP contribution < -0.4 is 5.73 Å². The van der Waals surface area contributed by atoms with Crippen molar-refractivity contribution in [3.8, 4) is 0 Å². The lowest BCUT2D eigenvalue weighted by atomic mass is 10.1. The summed E-state index contributed by atoms with van der Waals surface area (Å²) in [5.74, 6) is 1.44. The average molecular weight is 395 g/mol. The third-order valence-electron chi connectivity index (χ3n) is 3.94. The van der Waals surface area contributed by atoms with E-state index in [1.807, 2.05) is 16.7 Å². The van der Waals surface area contributed by atoms with Crippen molar-refractivity contribution in [1.29, 1.82) is 0 Å². The number of rotatable bonds is 5. The van der Waals surface area contributed by atoms with Crippen LogP contribution in [-0.4, -0.2) is 50.3 Å². The number of carbonyl (C=O) groups excluding carboxylic acids is 1. The van der Waals surface area contributed by atoms with Gasteiger partial charge in [-0.25, -0.2) is 0 Å². The Hall–Kier alpha value is -1.84. The predicted octanol–water partition coefficient (Wildman–Crippen LogP) is 0.494. The van der Waals surface area contributed by atoms with Crippen LogP contribution in [0, 0.1) is 0 Å². The van der Waals surface area contributed by atoms with Gasteiger partial charge in [-0.2, -0.15) is 0 Å². The largest absolute Gasteiger partial charge is 0.377 e. The molecule has 3 rings (SSSR count). The first-order valence-electron chi connectivity index (χ1n) is 7.63. The molecule has 0 spiro atoms. The zero-order chi connectivity index (χ0) is 17.1. The van der Waals surface area contributed by atoms with Gasteiger partial charge in [0.1, 0.15) is 6.61 Å². The molecule has 0 unspecified atom stereocenters. The van der Waals surface area contributed by atoms with E-state index >= 15 is 0 Å². The number of ether oxygens (including phenoxy) is 1. The molecule has 1 aliphatic rings. The van der Waals surface area contributed by atoms with Crippen molar-refractivity contribution in [2.24, 2.45) is 5.73 Å². The molecule has 0 aromatic carbocycles. The van der Waals surface area contributed by atoms with Gasteiger partial charge in [0.2, 0.25) is 5.91 Å². The van der Waals surface area contributed by atoms with Gasteiger partial charge >= 0.3 is 0 Å². The molecule has 1 aliphatic heterocycles. The lowest BCUT2D eigenvalue weighted by Gasteiger charge is -2.29. The summed E-state index contributed by atoms with van der Waals surface area (Å²) in [6, 6.07) is 3.09. The van der Waals surface area contributed by atoms with Crippen LogP contribution in [0.4, 0.5) is 0 Å². The maximum Gasteiger partial charge on any atom is 0.240 e. The first-order chi connectivity index (χ1) is 11.6. The van der Waals surface area contributed by atoms with Crippen molar-refractivity contribution in [2.75, 3.05) is 13.7 Å². The highest BCUT2D eigenvalue weighted by Gasteiger charge is 2.27. The van der Waals surface area contributed by atoms with E-state index in [1.54, 1.807) is 18.2 Å². The third-order valence-corrected chi connectivity index (χ3v) is 4.43. The van der Waals surface area contributed by atoms with E-state index in [0.717, 1.165) is 21.8 Å². The second-order valence-corrected chi connectivity index (χ2v) is 6.57. The number of aromatic nitrogens is 4. The molecule has 2 aromatic heterocycles. The first-order valence-corrected chi connectivity index (χ1v) is 8.42. The number of nitrogens with zero attached hydrogens (tertiary/aromatic N) is 5. The standard InChI is InChI=1S/C15H19BrN6O2/c1-24-9-14-20-19-13-8-21(4-5-22(13)14)15(23)12(17)7-11-6-10(16)2-3-18-11/h2-3,6,12H,4-5,7-9,17H2,1H3/t12-/m0/s1. The van der Waals surface area contributed by atoms with Crippen LogP contribution in [0.15, 0.2) is 22.8 Å². The molecule has 0 bridgehead atoms. The van der Waals surface area contributed by atoms with Crippen LogP contribution >= 0.6 is 15.9 Å². The van der Waals surface area contributed by atoms with E-state index in [4.69, 9.17) is 10.5 Å². The topological polar surface area (TPSA) is 99.2 Å². The lowest BCUT2D eigenvalue weighted by Crippen LogP contribution is -2.48. The van der Waals surface area contributed by atoms with Gasteiger partial charge in [-0.15, -0.1) is 10.2 Å². The molecule has 8 nitrogen and oxygen atoms in total. The summed E-state index contributed by atoms with van der Waals surface area (Å²) >= 11 is 3.39. The summed E-state index contributed by atoms with van der Waals surface area (Å²) in [5.41, 5.74) is 6.88. The molecule has 0 saturated carbocycles. The molecule has 1 atom stereocenters. The minimum Gasteiger partial charge on any atom is -0.377 e. The van der Waals surface area contributed by atoms with E-state index < -0.39 is 6.04 Å². The van der Waals surface area contributed by atoms with Crippen molar-refractivity contribution in [1.82, 2.24) is 24.6 Å². The molecule has 9 heteroatoms. The number of fused-ring (bicyclic) bond motifs is 1. The van der Waals surface area contributed by atoms with Crippen LogP contribution in [-0.2, 0) is 35.6 Å². The zero-order valence-corrected chi connectivity index (χ0v) is 14.9. The van der Waals surface area contributed by atoms with Crippen molar-refractivity contribution in [3.63, 3.8) is 0 Å². The molecule has 1 amide bonds. The van der Waals surface area contributed by atoms with Crippen LogP contribution in [0.3, 0.4) is 0 Å². The van der Waals surface area contributed by atoms with Gasteiger partial charge in [-0.3, -0.25) is 9.78 Å². The second-order valence-electron chi connectivity index (χ2n) is 5.65. The van der Waals surface area contributed by atoms with E-state index in [-0.39, 0.29) is 5.91 Å². The van der Waals surface area contributed by atoms with Crippen molar-refractivity contribution in [3.05, 3.63) is 40.1 Å².